The number of hydrogen-bond donors (Lipinski definition) is 1. The van der Waals surface area contributed by atoms with Crippen LogP contribution in [0.1, 0.15) is 47.0 Å². The molecule has 1 aliphatic rings. The summed E-state index contributed by atoms with van der Waals surface area (Å²) in [5.74, 6) is 0.879. The highest BCUT2D eigenvalue weighted by atomic mass is 15.1. The quantitative estimate of drug-likeness (QED) is 0.779. The first-order chi connectivity index (χ1) is 6.89. The average molecular weight is 212 g/mol. The minimum absolute atomic E-state index is 0.251. The predicted octanol–water partition coefficient (Wildman–Crippen LogP) is 2.48. The van der Waals surface area contributed by atoms with Crippen molar-refractivity contribution in [2.45, 2.75) is 53.0 Å². The highest BCUT2D eigenvalue weighted by Gasteiger charge is 2.22. The maximum atomic E-state index is 6.18. The summed E-state index contributed by atoms with van der Waals surface area (Å²) in [4.78, 5) is 2.58. The Morgan fingerprint density at radius 2 is 2.07 bits per heavy atom. The van der Waals surface area contributed by atoms with E-state index in [1.807, 2.05) is 0 Å². The van der Waals surface area contributed by atoms with E-state index < -0.39 is 0 Å². The van der Waals surface area contributed by atoms with E-state index >= 15 is 0 Å². The van der Waals surface area contributed by atoms with Crippen LogP contribution < -0.4 is 5.73 Å². The van der Waals surface area contributed by atoms with Crippen molar-refractivity contribution in [3.8, 4) is 0 Å². The van der Waals surface area contributed by atoms with Crippen LogP contribution in [0.4, 0.5) is 0 Å². The number of hydrogen-bond acceptors (Lipinski definition) is 2. The molecule has 0 saturated carbocycles. The van der Waals surface area contributed by atoms with Crippen molar-refractivity contribution in [1.29, 1.82) is 0 Å². The van der Waals surface area contributed by atoms with E-state index in [0.29, 0.717) is 6.04 Å². The number of likely N-dealkylation sites (tertiary alicyclic amines) is 1. The minimum atomic E-state index is 0.251. The lowest BCUT2D eigenvalue weighted by Crippen LogP contribution is -2.41. The Bertz CT molecular complexity index is 183. The van der Waals surface area contributed by atoms with Gasteiger partial charge in [0.05, 0.1) is 0 Å². The normalized spacial score (nSPS) is 26.6. The van der Waals surface area contributed by atoms with Crippen LogP contribution in [0.2, 0.25) is 0 Å². The fourth-order valence-corrected chi connectivity index (χ4v) is 2.24. The summed E-state index contributed by atoms with van der Waals surface area (Å²) < 4.78 is 0. The van der Waals surface area contributed by atoms with Gasteiger partial charge in [-0.15, -0.1) is 0 Å². The van der Waals surface area contributed by atoms with Crippen molar-refractivity contribution in [3.05, 3.63) is 0 Å². The van der Waals surface area contributed by atoms with Crippen molar-refractivity contribution in [3.63, 3.8) is 0 Å². The smallest absolute Gasteiger partial charge is 0.00998 e. The molecular weight excluding hydrogens is 184 g/mol. The lowest BCUT2D eigenvalue weighted by molar-refractivity contribution is 0.166. The van der Waals surface area contributed by atoms with Gasteiger partial charge in [0.1, 0.15) is 0 Å². The Balaban J connectivity index is 2.24. The third-order valence-electron chi connectivity index (χ3n) is 3.61. The van der Waals surface area contributed by atoms with Crippen molar-refractivity contribution in [2.24, 2.45) is 17.1 Å². The Morgan fingerprint density at radius 3 is 2.60 bits per heavy atom. The first-order valence-electron chi connectivity index (χ1n) is 6.37. The van der Waals surface area contributed by atoms with Crippen LogP contribution >= 0.6 is 0 Å². The molecule has 2 unspecified atom stereocenters. The fourth-order valence-electron chi connectivity index (χ4n) is 2.24. The third-order valence-corrected chi connectivity index (χ3v) is 3.61. The molecule has 0 radical (unpaired) electrons. The van der Waals surface area contributed by atoms with E-state index in [1.165, 1.54) is 32.5 Å². The summed E-state index contributed by atoms with van der Waals surface area (Å²) in [7, 11) is 0. The molecule has 0 bridgehead atoms. The van der Waals surface area contributed by atoms with Gasteiger partial charge in [-0.3, -0.25) is 0 Å². The third kappa shape index (κ3) is 4.52. The van der Waals surface area contributed by atoms with Crippen molar-refractivity contribution < 1.29 is 0 Å². The molecule has 1 fully saturated rings. The molecule has 0 aromatic heterocycles. The van der Waals surface area contributed by atoms with Gasteiger partial charge in [0.15, 0.2) is 0 Å². The Morgan fingerprint density at radius 1 is 1.40 bits per heavy atom. The maximum absolute atomic E-state index is 6.18. The van der Waals surface area contributed by atoms with Crippen molar-refractivity contribution >= 4 is 0 Å². The van der Waals surface area contributed by atoms with Crippen LogP contribution in [0.15, 0.2) is 0 Å². The SMILES string of the molecule is CC1CCCN(CCC(N)C(C)(C)C)C1. The molecule has 0 aromatic rings. The lowest BCUT2D eigenvalue weighted by Gasteiger charge is -2.34. The van der Waals surface area contributed by atoms with Gasteiger partial charge in [0, 0.05) is 12.6 Å². The molecule has 2 N–H and O–H groups in total. The van der Waals surface area contributed by atoms with Crippen LogP contribution in [-0.2, 0) is 0 Å². The van der Waals surface area contributed by atoms with E-state index in [4.69, 9.17) is 5.73 Å². The van der Waals surface area contributed by atoms with E-state index in [0.717, 1.165) is 12.3 Å². The van der Waals surface area contributed by atoms with Crippen LogP contribution in [0.25, 0.3) is 0 Å². The Labute approximate surface area is 95.2 Å². The molecule has 0 aliphatic carbocycles. The van der Waals surface area contributed by atoms with E-state index in [2.05, 4.69) is 32.6 Å². The zero-order chi connectivity index (χ0) is 11.5. The van der Waals surface area contributed by atoms with Gasteiger partial charge in [-0.2, -0.15) is 0 Å². The number of nitrogens with zero attached hydrogens (tertiary/aromatic N) is 1. The zero-order valence-corrected chi connectivity index (χ0v) is 10.9. The molecule has 15 heavy (non-hydrogen) atoms. The molecule has 1 saturated heterocycles. The van der Waals surface area contributed by atoms with Gasteiger partial charge < -0.3 is 10.6 Å². The fraction of sp³-hybridized carbons (Fsp3) is 1.00. The second-order valence-corrected chi connectivity index (χ2v) is 6.31. The summed E-state index contributed by atoms with van der Waals surface area (Å²) in [6.45, 7) is 12.8. The first kappa shape index (κ1) is 13.0. The number of piperidine rings is 1. The number of nitrogens with two attached hydrogens (primary N) is 1. The van der Waals surface area contributed by atoms with Gasteiger partial charge in [-0.25, -0.2) is 0 Å². The van der Waals surface area contributed by atoms with Crippen LogP contribution in [0.3, 0.4) is 0 Å². The monoisotopic (exact) mass is 212 g/mol. The topological polar surface area (TPSA) is 29.3 Å². The zero-order valence-electron chi connectivity index (χ0n) is 10.9. The van der Waals surface area contributed by atoms with Crippen molar-refractivity contribution in [2.75, 3.05) is 19.6 Å². The molecule has 0 amide bonds. The predicted molar refractivity (Wildman–Crippen MR) is 66.9 cm³/mol. The Kier molecular flexibility index (Phi) is 4.60. The summed E-state index contributed by atoms with van der Waals surface area (Å²) in [6.07, 6.45) is 3.91. The number of rotatable bonds is 3. The second kappa shape index (κ2) is 5.31. The molecule has 0 spiro atoms. The standard InChI is InChI=1S/C13H28N2/c1-11-6-5-8-15(10-11)9-7-12(14)13(2,3)4/h11-12H,5-10,14H2,1-4H3. The lowest BCUT2D eigenvalue weighted by atomic mass is 9.85. The summed E-state index contributed by atoms with van der Waals surface area (Å²) in [5, 5.41) is 0. The van der Waals surface area contributed by atoms with E-state index in [-0.39, 0.29) is 5.41 Å². The van der Waals surface area contributed by atoms with Gasteiger partial charge in [-0.1, -0.05) is 27.7 Å². The highest BCUT2D eigenvalue weighted by molar-refractivity contribution is 4.79. The highest BCUT2D eigenvalue weighted by Crippen LogP contribution is 2.21. The van der Waals surface area contributed by atoms with Crippen LogP contribution in [0, 0.1) is 11.3 Å². The van der Waals surface area contributed by atoms with E-state index in [9.17, 15) is 0 Å². The van der Waals surface area contributed by atoms with Gasteiger partial charge in [-0.05, 0) is 43.7 Å². The summed E-state index contributed by atoms with van der Waals surface area (Å²) in [6, 6.07) is 0.328. The minimum Gasteiger partial charge on any atom is -0.327 e. The summed E-state index contributed by atoms with van der Waals surface area (Å²) >= 11 is 0. The molecule has 0 aromatic carbocycles. The molecule has 2 heteroatoms. The molecule has 1 rings (SSSR count). The van der Waals surface area contributed by atoms with Crippen molar-refractivity contribution in [1.82, 2.24) is 4.90 Å². The van der Waals surface area contributed by atoms with E-state index in [1.54, 1.807) is 0 Å². The molecular formula is C13H28N2. The van der Waals surface area contributed by atoms with Crippen LogP contribution in [-0.4, -0.2) is 30.6 Å². The Hall–Kier alpha value is -0.0800. The molecule has 90 valence electrons. The molecule has 2 nitrogen and oxygen atoms in total. The molecule has 1 aliphatic heterocycles. The van der Waals surface area contributed by atoms with Crippen LogP contribution in [0.5, 0.6) is 0 Å². The second-order valence-electron chi connectivity index (χ2n) is 6.31. The molecule has 1 heterocycles. The van der Waals surface area contributed by atoms with Gasteiger partial charge in [0.25, 0.3) is 0 Å². The first-order valence-corrected chi connectivity index (χ1v) is 6.37. The molecule has 2 atom stereocenters. The maximum Gasteiger partial charge on any atom is 0.00998 e. The largest absolute Gasteiger partial charge is 0.327 e. The van der Waals surface area contributed by atoms with Gasteiger partial charge >= 0.3 is 0 Å². The summed E-state index contributed by atoms with van der Waals surface area (Å²) in [5.41, 5.74) is 6.43. The van der Waals surface area contributed by atoms with Gasteiger partial charge in [0.2, 0.25) is 0 Å². The average Bonchev–Trinajstić information content (AvgIpc) is 2.12.